The second-order valence-corrected chi connectivity index (χ2v) is 7.86. The number of nitrogens with two attached hydrogens (primary N) is 1. The quantitative estimate of drug-likeness (QED) is 0.785. The van der Waals surface area contributed by atoms with Gasteiger partial charge in [-0.3, -0.25) is 14.6 Å². The van der Waals surface area contributed by atoms with Crippen molar-refractivity contribution in [1.29, 1.82) is 0 Å². The van der Waals surface area contributed by atoms with Crippen molar-refractivity contribution < 1.29 is 27.5 Å². The van der Waals surface area contributed by atoms with Gasteiger partial charge in [-0.1, -0.05) is 20.8 Å². The molecule has 1 aromatic rings. The number of nitrogens with zero attached hydrogens (tertiary/aromatic N) is 1. The lowest BCUT2D eigenvalue weighted by atomic mass is 9.86. The predicted molar refractivity (Wildman–Crippen MR) is 92.3 cm³/mol. The van der Waals surface area contributed by atoms with Crippen LogP contribution in [0.25, 0.3) is 0 Å². The Labute approximate surface area is 155 Å². The fraction of sp³-hybridized carbons (Fsp3) is 0.611. The van der Waals surface area contributed by atoms with E-state index in [-0.39, 0.29) is 17.4 Å². The first kappa shape index (κ1) is 21.0. The number of hydrogen-bond acceptors (Lipinski definition) is 4. The second-order valence-electron chi connectivity index (χ2n) is 7.86. The summed E-state index contributed by atoms with van der Waals surface area (Å²) in [4.78, 5) is 28.1. The number of amides is 2. The number of alkyl halides is 3. The molecular weight excluding hydrogens is 363 g/mol. The summed E-state index contributed by atoms with van der Waals surface area (Å²) in [6.45, 7) is 6.09. The number of carbonyl (C=O) groups is 2. The van der Waals surface area contributed by atoms with Gasteiger partial charge in [-0.15, -0.1) is 0 Å². The van der Waals surface area contributed by atoms with Gasteiger partial charge in [0.25, 0.3) is 5.91 Å². The molecule has 3 N–H and O–H groups in total. The highest BCUT2D eigenvalue weighted by atomic mass is 19.4. The molecule has 2 amide bonds. The zero-order valence-electron chi connectivity index (χ0n) is 15.7. The van der Waals surface area contributed by atoms with Crippen LogP contribution in [0, 0.1) is 5.41 Å². The van der Waals surface area contributed by atoms with Gasteiger partial charge in [0.05, 0.1) is 0 Å². The lowest BCUT2D eigenvalue weighted by Crippen LogP contribution is -2.52. The van der Waals surface area contributed by atoms with Crippen LogP contribution in [0.15, 0.2) is 12.3 Å². The minimum atomic E-state index is -4.53. The van der Waals surface area contributed by atoms with Crippen LogP contribution < -0.4 is 15.8 Å². The fourth-order valence-electron chi connectivity index (χ4n) is 2.55. The lowest BCUT2D eigenvalue weighted by molar-refractivity contribution is -0.189. The van der Waals surface area contributed by atoms with E-state index in [1.54, 1.807) is 20.8 Å². The molecule has 0 aromatic carbocycles. The molecule has 0 aliphatic heterocycles. The SMILES string of the molecule is C[C@H](Oc1cc(C(=O)NC(C(N)=O)C(C)(C)C)ncc1C1CC1)C(F)(F)F. The van der Waals surface area contributed by atoms with Gasteiger partial charge in [0.1, 0.15) is 17.5 Å². The minimum Gasteiger partial charge on any atom is -0.481 e. The number of ether oxygens (including phenoxy) is 1. The van der Waals surface area contributed by atoms with E-state index < -0.39 is 35.6 Å². The number of pyridine rings is 1. The Bertz CT molecular complexity index is 725. The van der Waals surface area contributed by atoms with Crippen molar-refractivity contribution in [3.63, 3.8) is 0 Å². The van der Waals surface area contributed by atoms with Crippen LogP contribution in [-0.4, -0.2) is 35.1 Å². The van der Waals surface area contributed by atoms with E-state index in [1.165, 1.54) is 12.3 Å². The molecule has 1 aromatic heterocycles. The number of nitrogens with one attached hydrogen (secondary N) is 1. The molecule has 9 heteroatoms. The zero-order chi connectivity index (χ0) is 20.6. The topological polar surface area (TPSA) is 94.3 Å². The number of hydrogen-bond donors (Lipinski definition) is 2. The van der Waals surface area contributed by atoms with E-state index in [4.69, 9.17) is 10.5 Å². The van der Waals surface area contributed by atoms with Gasteiger partial charge in [0.2, 0.25) is 5.91 Å². The predicted octanol–water partition coefficient (Wildman–Crippen LogP) is 2.92. The number of halogens is 3. The van der Waals surface area contributed by atoms with Gasteiger partial charge in [-0.25, -0.2) is 0 Å². The first-order chi connectivity index (χ1) is 12.3. The van der Waals surface area contributed by atoms with Crippen molar-refractivity contribution >= 4 is 11.8 Å². The Hall–Kier alpha value is -2.32. The fourth-order valence-corrected chi connectivity index (χ4v) is 2.55. The van der Waals surface area contributed by atoms with Crippen molar-refractivity contribution in [1.82, 2.24) is 10.3 Å². The van der Waals surface area contributed by atoms with Crippen LogP contribution >= 0.6 is 0 Å². The average Bonchev–Trinajstić information content (AvgIpc) is 3.34. The third-order valence-corrected chi connectivity index (χ3v) is 4.34. The number of carbonyl (C=O) groups excluding carboxylic acids is 2. The first-order valence-corrected chi connectivity index (χ1v) is 8.64. The molecule has 1 fully saturated rings. The summed E-state index contributed by atoms with van der Waals surface area (Å²) < 4.78 is 43.7. The maximum absolute atomic E-state index is 12.9. The highest BCUT2D eigenvalue weighted by Gasteiger charge is 2.39. The molecule has 150 valence electrons. The molecule has 0 bridgehead atoms. The van der Waals surface area contributed by atoms with Crippen molar-refractivity contribution in [2.75, 3.05) is 0 Å². The van der Waals surface area contributed by atoms with E-state index in [2.05, 4.69) is 10.3 Å². The molecule has 1 unspecified atom stereocenters. The highest BCUT2D eigenvalue weighted by molar-refractivity contribution is 5.96. The lowest BCUT2D eigenvalue weighted by Gasteiger charge is -2.28. The van der Waals surface area contributed by atoms with Crippen molar-refractivity contribution in [3.05, 3.63) is 23.5 Å². The maximum atomic E-state index is 12.9. The van der Waals surface area contributed by atoms with Gasteiger partial charge in [0, 0.05) is 17.8 Å². The molecule has 27 heavy (non-hydrogen) atoms. The Balaban J connectivity index is 2.28. The van der Waals surface area contributed by atoms with Crippen LogP contribution in [0.4, 0.5) is 13.2 Å². The molecule has 0 spiro atoms. The van der Waals surface area contributed by atoms with Crippen LogP contribution in [0.1, 0.15) is 62.5 Å². The first-order valence-electron chi connectivity index (χ1n) is 8.64. The van der Waals surface area contributed by atoms with Crippen molar-refractivity contribution in [3.8, 4) is 5.75 Å². The van der Waals surface area contributed by atoms with Crippen molar-refractivity contribution in [2.45, 2.75) is 64.8 Å². The molecule has 1 saturated carbocycles. The largest absolute Gasteiger partial charge is 0.481 e. The Morgan fingerprint density at radius 3 is 2.33 bits per heavy atom. The van der Waals surface area contributed by atoms with Gasteiger partial charge in [0.15, 0.2) is 6.10 Å². The molecule has 2 atom stereocenters. The molecule has 1 heterocycles. The van der Waals surface area contributed by atoms with Crippen LogP contribution in [0.3, 0.4) is 0 Å². The molecular formula is C18H24F3N3O3. The minimum absolute atomic E-state index is 0.0196. The molecule has 1 aliphatic rings. The number of primary amides is 1. The monoisotopic (exact) mass is 387 g/mol. The van der Waals surface area contributed by atoms with Gasteiger partial charge < -0.3 is 15.8 Å². The van der Waals surface area contributed by atoms with Gasteiger partial charge >= 0.3 is 6.18 Å². The van der Waals surface area contributed by atoms with Gasteiger partial charge in [-0.05, 0) is 31.1 Å². The molecule has 6 nitrogen and oxygen atoms in total. The van der Waals surface area contributed by atoms with E-state index in [0.29, 0.717) is 5.56 Å². The standard InChI is InChI=1S/C18H24F3N3O3/c1-9(18(19,20)21)27-13-7-12(23-8-11(13)10-5-6-10)16(26)24-14(15(22)25)17(2,3)4/h7-10,14H,5-6H2,1-4H3,(H2,22,25)(H,24,26)/t9-,14?/m0/s1. The summed E-state index contributed by atoms with van der Waals surface area (Å²) in [6, 6.07) is 0.222. The second kappa shape index (κ2) is 7.36. The number of aromatic nitrogens is 1. The zero-order valence-corrected chi connectivity index (χ0v) is 15.7. The Kier molecular flexibility index (Phi) is 5.72. The van der Waals surface area contributed by atoms with Crippen molar-refractivity contribution in [2.24, 2.45) is 11.1 Å². The summed E-state index contributed by atoms with van der Waals surface area (Å²) in [5, 5.41) is 2.49. The van der Waals surface area contributed by atoms with E-state index in [9.17, 15) is 22.8 Å². The third kappa shape index (κ3) is 5.33. The van der Waals surface area contributed by atoms with Crippen LogP contribution in [0.2, 0.25) is 0 Å². The Morgan fingerprint density at radius 2 is 1.89 bits per heavy atom. The summed E-state index contributed by atoms with van der Waals surface area (Å²) >= 11 is 0. The average molecular weight is 387 g/mol. The van der Waals surface area contributed by atoms with Gasteiger partial charge in [-0.2, -0.15) is 13.2 Å². The summed E-state index contributed by atoms with van der Waals surface area (Å²) in [7, 11) is 0. The molecule has 0 radical (unpaired) electrons. The summed E-state index contributed by atoms with van der Waals surface area (Å²) in [5.74, 6) is -1.36. The third-order valence-electron chi connectivity index (χ3n) is 4.34. The van der Waals surface area contributed by atoms with E-state index in [0.717, 1.165) is 19.8 Å². The summed E-state index contributed by atoms with van der Waals surface area (Å²) in [6.07, 6.45) is -3.53. The molecule has 0 saturated heterocycles. The maximum Gasteiger partial charge on any atom is 0.425 e. The molecule has 2 rings (SSSR count). The van der Waals surface area contributed by atoms with E-state index in [1.807, 2.05) is 0 Å². The summed E-state index contributed by atoms with van der Waals surface area (Å²) in [5.41, 5.74) is 5.11. The highest BCUT2D eigenvalue weighted by Crippen LogP contribution is 2.44. The normalized spacial score (nSPS) is 17.1. The van der Waals surface area contributed by atoms with E-state index >= 15 is 0 Å². The van der Waals surface area contributed by atoms with Crippen LogP contribution in [0.5, 0.6) is 5.75 Å². The Morgan fingerprint density at radius 1 is 1.30 bits per heavy atom. The smallest absolute Gasteiger partial charge is 0.425 e. The molecule has 1 aliphatic carbocycles. The number of rotatable bonds is 6. The van der Waals surface area contributed by atoms with Crippen LogP contribution in [-0.2, 0) is 4.79 Å².